The molecule has 2 aromatic rings. The van der Waals surface area contributed by atoms with Gasteiger partial charge in [0.15, 0.2) is 0 Å². The summed E-state index contributed by atoms with van der Waals surface area (Å²) in [4.78, 5) is 4.46. The quantitative estimate of drug-likeness (QED) is 0.585. The second-order valence-corrected chi connectivity index (χ2v) is 7.08. The topological polar surface area (TPSA) is 81.4 Å². The molecule has 6 nitrogen and oxygen atoms in total. The highest BCUT2D eigenvalue weighted by Crippen LogP contribution is 2.19. The molecule has 0 spiro atoms. The first-order valence-corrected chi connectivity index (χ1v) is 9.53. The lowest BCUT2D eigenvalue weighted by atomic mass is 9.99. The van der Waals surface area contributed by atoms with Crippen LogP contribution in [0.3, 0.4) is 0 Å². The predicted octanol–water partition coefficient (Wildman–Crippen LogP) is 1.92. The smallest absolute Gasteiger partial charge is 0.123 e. The van der Waals surface area contributed by atoms with E-state index < -0.39 is 0 Å². The number of nitrogens with two attached hydrogens (primary N) is 1. The van der Waals surface area contributed by atoms with Gasteiger partial charge in [0, 0.05) is 43.4 Å². The molecule has 1 fully saturated rings. The molecule has 0 saturated carbocycles. The Kier molecular flexibility index (Phi) is 7.04. The van der Waals surface area contributed by atoms with Gasteiger partial charge in [0.05, 0.1) is 19.8 Å². The first kappa shape index (κ1) is 19.6. The van der Waals surface area contributed by atoms with E-state index in [4.69, 9.17) is 15.2 Å². The van der Waals surface area contributed by atoms with E-state index in [9.17, 15) is 0 Å². The zero-order chi connectivity index (χ0) is 19.1. The van der Waals surface area contributed by atoms with Gasteiger partial charge < -0.3 is 25.8 Å². The molecular weight excluding hydrogens is 340 g/mol. The molecule has 0 radical (unpaired) electrons. The molecule has 1 saturated heterocycles. The Hall–Kier alpha value is -2.15. The van der Waals surface area contributed by atoms with Gasteiger partial charge in [-0.05, 0) is 37.1 Å². The molecule has 4 N–H and O–H groups in total. The first-order valence-electron chi connectivity index (χ1n) is 9.53. The molecule has 2 heterocycles. The molecule has 0 bridgehead atoms. The summed E-state index contributed by atoms with van der Waals surface area (Å²) in [6, 6.07) is 12.1. The van der Waals surface area contributed by atoms with Crippen LogP contribution in [-0.2, 0) is 17.7 Å². The Morgan fingerprint density at radius 1 is 1.26 bits per heavy atom. The Morgan fingerprint density at radius 2 is 2.11 bits per heavy atom. The summed E-state index contributed by atoms with van der Waals surface area (Å²) in [6.07, 6.45) is 1.10. The number of aromatic nitrogens is 1. The number of rotatable bonds is 9. The van der Waals surface area contributed by atoms with Crippen LogP contribution < -0.4 is 21.1 Å². The van der Waals surface area contributed by atoms with Crippen molar-refractivity contribution < 1.29 is 9.47 Å². The van der Waals surface area contributed by atoms with Gasteiger partial charge in [-0.25, -0.2) is 4.98 Å². The maximum Gasteiger partial charge on any atom is 0.123 e. The number of nitrogens with one attached hydrogen (secondary N) is 2. The standard InChI is InChI=1S/C21H30N4O2/c1-15-9-18(25-21(22)10-15)11-17-13-24-14-20(17)27-8-7-23-12-16-5-3-4-6-19(16)26-2/h3-6,9-10,17,20,23-24H,7-8,11-14H2,1-2H3,(H2,22,25)/t17-,20+/m0/s1. The van der Waals surface area contributed by atoms with Crippen molar-refractivity contribution in [2.75, 3.05) is 39.1 Å². The summed E-state index contributed by atoms with van der Waals surface area (Å²) >= 11 is 0. The highest BCUT2D eigenvalue weighted by Gasteiger charge is 2.28. The Morgan fingerprint density at radius 3 is 2.93 bits per heavy atom. The molecule has 0 unspecified atom stereocenters. The maximum absolute atomic E-state index is 6.13. The number of hydrogen-bond acceptors (Lipinski definition) is 6. The van der Waals surface area contributed by atoms with Crippen LogP contribution in [0.4, 0.5) is 5.82 Å². The zero-order valence-electron chi connectivity index (χ0n) is 16.2. The number of nitrogens with zero attached hydrogens (tertiary/aromatic N) is 1. The zero-order valence-corrected chi connectivity index (χ0v) is 16.2. The van der Waals surface area contributed by atoms with Gasteiger partial charge in [-0.1, -0.05) is 18.2 Å². The Bertz CT molecular complexity index is 718. The number of methoxy groups -OCH3 is 1. The molecule has 1 aromatic heterocycles. The third-order valence-electron chi connectivity index (χ3n) is 4.91. The van der Waals surface area contributed by atoms with E-state index in [1.165, 1.54) is 0 Å². The summed E-state index contributed by atoms with van der Waals surface area (Å²) in [7, 11) is 1.70. The number of ether oxygens (including phenoxy) is 2. The molecule has 0 amide bonds. The van der Waals surface area contributed by atoms with Crippen molar-refractivity contribution in [3.8, 4) is 5.75 Å². The minimum atomic E-state index is 0.210. The minimum absolute atomic E-state index is 0.210. The van der Waals surface area contributed by atoms with Crippen LogP contribution in [0, 0.1) is 12.8 Å². The SMILES string of the molecule is COc1ccccc1CNCCO[C@@H]1CNC[C@@H]1Cc1cc(C)cc(N)n1. The van der Waals surface area contributed by atoms with E-state index in [0.29, 0.717) is 18.3 Å². The number of benzene rings is 1. The fourth-order valence-electron chi connectivity index (χ4n) is 3.60. The number of nitrogen functional groups attached to an aromatic ring is 1. The van der Waals surface area contributed by atoms with E-state index >= 15 is 0 Å². The normalized spacial score (nSPS) is 19.3. The molecule has 1 aromatic carbocycles. The van der Waals surface area contributed by atoms with Crippen LogP contribution in [-0.4, -0.2) is 44.4 Å². The number of aryl methyl sites for hydroxylation is 1. The van der Waals surface area contributed by atoms with Crippen LogP contribution >= 0.6 is 0 Å². The van der Waals surface area contributed by atoms with Crippen LogP contribution in [0.25, 0.3) is 0 Å². The van der Waals surface area contributed by atoms with Crippen molar-refractivity contribution in [3.63, 3.8) is 0 Å². The van der Waals surface area contributed by atoms with Gasteiger partial charge in [0.25, 0.3) is 0 Å². The molecule has 27 heavy (non-hydrogen) atoms. The average Bonchev–Trinajstić information content (AvgIpc) is 3.08. The Labute approximate surface area is 161 Å². The van der Waals surface area contributed by atoms with Crippen LogP contribution in [0.2, 0.25) is 0 Å². The van der Waals surface area contributed by atoms with Gasteiger partial charge in [-0.2, -0.15) is 0 Å². The van der Waals surface area contributed by atoms with Crippen molar-refractivity contribution in [1.82, 2.24) is 15.6 Å². The maximum atomic E-state index is 6.13. The molecular formula is C21H30N4O2. The van der Waals surface area contributed by atoms with Crippen LogP contribution in [0.15, 0.2) is 36.4 Å². The fraction of sp³-hybridized carbons (Fsp3) is 0.476. The second-order valence-electron chi connectivity index (χ2n) is 7.08. The summed E-state index contributed by atoms with van der Waals surface area (Å²) in [6.45, 7) is 6.15. The van der Waals surface area contributed by atoms with Crippen molar-refractivity contribution >= 4 is 5.82 Å². The molecule has 6 heteroatoms. The van der Waals surface area contributed by atoms with Crippen molar-refractivity contribution in [1.29, 1.82) is 0 Å². The predicted molar refractivity (Wildman–Crippen MR) is 108 cm³/mol. The van der Waals surface area contributed by atoms with Gasteiger partial charge in [0.1, 0.15) is 11.6 Å². The Balaban J connectivity index is 1.42. The van der Waals surface area contributed by atoms with E-state index in [1.807, 2.05) is 24.3 Å². The van der Waals surface area contributed by atoms with E-state index in [-0.39, 0.29) is 6.10 Å². The molecule has 146 valence electrons. The number of anilines is 1. The third kappa shape index (κ3) is 5.66. The summed E-state index contributed by atoms with van der Waals surface area (Å²) < 4.78 is 11.5. The van der Waals surface area contributed by atoms with E-state index in [0.717, 1.165) is 55.2 Å². The molecule has 1 aliphatic rings. The van der Waals surface area contributed by atoms with E-state index in [2.05, 4.69) is 34.7 Å². The lowest BCUT2D eigenvalue weighted by molar-refractivity contribution is 0.0395. The lowest BCUT2D eigenvalue weighted by Crippen LogP contribution is -2.29. The molecule has 0 aliphatic carbocycles. The summed E-state index contributed by atoms with van der Waals surface area (Å²) in [5.41, 5.74) is 9.23. The minimum Gasteiger partial charge on any atom is -0.496 e. The monoisotopic (exact) mass is 370 g/mol. The van der Waals surface area contributed by atoms with Crippen LogP contribution in [0.1, 0.15) is 16.8 Å². The highest BCUT2D eigenvalue weighted by atomic mass is 16.5. The number of hydrogen-bond donors (Lipinski definition) is 3. The molecule has 2 atom stereocenters. The molecule has 3 rings (SSSR count). The summed E-state index contributed by atoms with van der Waals surface area (Å²) in [5.74, 6) is 1.93. The van der Waals surface area contributed by atoms with Crippen molar-refractivity contribution in [2.24, 2.45) is 5.92 Å². The van der Waals surface area contributed by atoms with Gasteiger partial charge in [0.2, 0.25) is 0 Å². The fourth-order valence-corrected chi connectivity index (χ4v) is 3.60. The average molecular weight is 370 g/mol. The molecule has 1 aliphatic heterocycles. The van der Waals surface area contributed by atoms with Crippen molar-refractivity contribution in [3.05, 3.63) is 53.2 Å². The highest BCUT2D eigenvalue weighted by molar-refractivity contribution is 5.34. The van der Waals surface area contributed by atoms with Gasteiger partial charge >= 0.3 is 0 Å². The first-order chi connectivity index (χ1) is 13.2. The number of para-hydroxylation sites is 1. The van der Waals surface area contributed by atoms with Gasteiger partial charge in [-0.15, -0.1) is 0 Å². The van der Waals surface area contributed by atoms with Crippen molar-refractivity contribution in [2.45, 2.75) is 26.0 Å². The second kappa shape index (κ2) is 9.69. The lowest BCUT2D eigenvalue weighted by Gasteiger charge is -2.19. The number of pyridine rings is 1. The van der Waals surface area contributed by atoms with Crippen LogP contribution in [0.5, 0.6) is 5.75 Å². The van der Waals surface area contributed by atoms with E-state index in [1.54, 1.807) is 7.11 Å². The largest absolute Gasteiger partial charge is 0.496 e. The summed E-state index contributed by atoms with van der Waals surface area (Å²) in [5, 5.41) is 6.86. The third-order valence-corrected chi connectivity index (χ3v) is 4.91. The van der Waals surface area contributed by atoms with Gasteiger partial charge in [-0.3, -0.25) is 0 Å².